The number of hydrogen-bond donors (Lipinski definition) is 2. The molecule has 1 aliphatic rings. The lowest BCUT2D eigenvalue weighted by Gasteiger charge is -2.18. The summed E-state index contributed by atoms with van der Waals surface area (Å²) in [5.74, 6) is -1.11. The van der Waals surface area contributed by atoms with Gasteiger partial charge in [-0.25, -0.2) is 10.3 Å². The molecule has 1 atom stereocenters. The van der Waals surface area contributed by atoms with E-state index in [9.17, 15) is 14.4 Å². The van der Waals surface area contributed by atoms with Crippen molar-refractivity contribution in [1.29, 1.82) is 0 Å². The second-order valence-corrected chi connectivity index (χ2v) is 7.05. The molecule has 3 rings (SSSR count). The van der Waals surface area contributed by atoms with Gasteiger partial charge < -0.3 is 0 Å². The molecule has 0 spiro atoms. The minimum atomic E-state index is -0.829. The number of hydrazine groups is 1. The number of nitrogens with zero attached hydrogens (tertiary/aromatic N) is 1. The van der Waals surface area contributed by atoms with Crippen LogP contribution in [0.25, 0.3) is 0 Å². The average Bonchev–Trinajstić information content (AvgIpc) is 2.91. The van der Waals surface area contributed by atoms with Crippen LogP contribution in [0.15, 0.2) is 42.5 Å². The van der Waals surface area contributed by atoms with Crippen molar-refractivity contribution < 1.29 is 14.4 Å². The van der Waals surface area contributed by atoms with Crippen LogP contribution in [0.2, 0.25) is 10.0 Å². The maximum Gasteiger partial charge on any atom is 0.253 e. The minimum absolute atomic E-state index is 0.0496. The van der Waals surface area contributed by atoms with Gasteiger partial charge in [0.05, 0.1) is 18.5 Å². The molecular weight excluding hydrogens is 389 g/mol. The molecule has 0 aromatic heterocycles. The van der Waals surface area contributed by atoms with Crippen LogP contribution in [0.4, 0.5) is 5.69 Å². The fourth-order valence-corrected chi connectivity index (χ4v) is 3.13. The number of benzene rings is 2. The molecule has 2 aromatic carbocycles. The van der Waals surface area contributed by atoms with Crippen LogP contribution in [0, 0.1) is 6.92 Å². The molecule has 0 aliphatic carbocycles. The first-order valence-electron chi connectivity index (χ1n) is 8.27. The molecule has 140 valence electrons. The van der Waals surface area contributed by atoms with E-state index >= 15 is 0 Å². The Morgan fingerprint density at radius 2 is 1.85 bits per heavy atom. The Morgan fingerprint density at radius 1 is 1.15 bits per heavy atom. The van der Waals surface area contributed by atoms with Crippen LogP contribution in [0.3, 0.4) is 0 Å². The summed E-state index contributed by atoms with van der Waals surface area (Å²) >= 11 is 11.9. The normalized spacial score (nSPS) is 16.7. The maximum absolute atomic E-state index is 12.6. The lowest BCUT2D eigenvalue weighted by atomic mass is 10.1. The first kappa shape index (κ1) is 19.4. The zero-order valence-corrected chi connectivity index (χ0v) is 16.0. The molecule has 1 saturated heterocycles. The first-order valence-corrected chi connectivity index (χ1v) is 9.03. The van der Waals surface area contributed by atoms with Crippen molar-refractivity contribution in [2.24, 2.45) is 0 Å². The van der Waals surface area contributed by atoms with Gasteiger partial charge in [0.15, 0.2) is 0 Å². The van der Waals surface area contributed by atoms with Crippen molar-refractivity contribution in [1.82, 2.24) is 10.9 Å². The molecule has 3 amide bonds. The zero-order chi connectivity index (χ0) is 19.6. The smallest absolute Gasteiger partial charge is 0.253 e. The highest BCUT2D eigenvalue weighted by atomic mass is 35.5. The molecule has 1 heterocycles. The van der Waals surface area contributed by atoms with E-state index in [1.54, 1.807) is 49.4 Å². The van der Waals surface area contributed by atoms with Gasteiger partial charge in [-0.15, -0.1) is 0 Å². The summed E-state index contributed by atoms with van der Waals surface area (Å²) in [5.41, 5.74) is 7.03. The topological polar surface area (TPSA) is 78.5 Å². The maximum atomic E-state index is 12.6. The lowest BCUT2D eigenvalue weighted by Crippen LogP contribution is -2.48. The van der Waals surface area contributed by atoms with Crippen molar-refractivity contribution in [3.8, 4) is 0 Å². The number of amides is 3. The van der Waals surface area contributed by atoms with Crippen LogP contribution in [0.1, 0.15) is 17.5 Å². The summed E-state index contributed by atoms with van der Waals surface area (Å²) in [6.45, 7) is 1.74. The van der Waals surface area contributed by atoms with Crippen LogP contribution < -0.4 is 15.8 Å². The molecule has 27 heavy (non-hydrogen) atoms. The highest BCUT2D eigenvalue weighted by molar-refractivity contribution is 6.32. The molecule has 0 bridgehead atoms. The number of rotatable bonds is 5. The highest BCUT2D eigenvalue weighted by Gasteiger charge is 2.40. The van der Waals surface area contributed by atoms with Gasteiger partial charge in [0, 0.05) is 10.0 Å². The molecule has 2 aromatic rings. The van der Waals surface area contributed by atoms with E-state index < -0.39 is 11.9 Å². The van der Waals surface area contributed by atoms with E-state index in [1.165, 1.54) is 0 Å². The third kappa shape index (κ3) is 4.30. The number of nitrogens with one attached hydrogen (secondary N) is 2. The first-order chi connectivity index (χ1) is 12.9. The molecule has 0 radical (unpaired) electrons. The Kier molecular flexibility index (Phi) is 5.79. The standard InChI is InChI=1S/C19H17Cl2N3O3/c1-11-14(21)3-2-4-16(11)24-18(26)10-15(19(24)27)22-23-17(25)9-12-5-7-13(20)8-6-12/h2-8,15,22H,9-10H2,1H3,(H,23,25)/t15-/m1/s1. The van der Waals surface area contributed by atoms with Gasteiger partial charge in [-0.2, -0.15) is 0 Å². The van der Waals surface area contributed by atoms with Crippen LogP contribution in [0.5, 0.6) is 0 Å². The van der Waals surface area contributed by atoms with Gasteiger partial charge in [0.2, 0.25) is 11.8 Å². The number of halogens is 2. The predicted molar refractivity (Wildman–Crippen MR) is 104 cm³/mol. The van der Waals surface area contributed by atoms with E-state index in [0.29, 0.717) is 21.3 Å². The SMILES string of the molecule is Cc1c(Cl)cccc1N1C(=O)C[C@@H](NNC(=O)Cc2ccc(Cl)cc2)C1=O. The third-order valence-corrected chi connectivity index (χ3v) is 4.95. The number of hydrogen-bond acceptors (Lipinski definition) is 4. The van der Waals surface area contributed by atoms with Crippen LogP contribution in [-0.4, -0.2) is 23.8 Å². The number of anilines is 1. The van der Waals surface area contributed by atoms with Gasteiger partial charge in [0.1, 0.15) is 6.04 Å². The summed E-state index contributed by atoms with van der Waals surface area (Å²) in [5, 5.41) is 1.06. The predicted octanol–water partition coefficient (Wildman–Crippen LogP) is 2.80. The van der Waals surface area contributed by atoms with Gasteiger partial charge in [-0.3, -0.25) is 19.8 Å². The fraction of sp³-hybridized carbons (Fsp3) is 0.211. The second-order valence-electron chi connectivity index (χ2n) is 6.20. The summed E-state index contributed by atoms with van der Waals surface area (Å²) in [4.78, 5) is 38.1. The lowest BCUT2D eigenvalue weighted by molar-refractivity contribution is -0.122. The van der Waals surface area contributed by atoms with Crippen molar-refractivity contribution in [3.05, 3.63) is 63.6 Å². The largest absolute Gasteiger partial charge is 0.291 e. The molecule has 2 N–H and O–H groups in total. The molecule has 8 heteroatoms. The monoisotopic (exact) mass is 405 g/mol. The molecule has 1 fully saturated rings. The molecular formula is C19H17Cl2N3O3. The van der Waals surface area contributed by atoms with E-state index in [-0.39, 0.29) is 24.7 Å². The van der Waals surface area contributed by atoms with Crippen molar-refractivity contribution in [2.75, 3.05) is 4.90 Å². The van der Waals surface area contributed by atoms with Crippen molar-refractivity contribution in [2.45, 2.75) is 25.8 Å². The summed E-state index contributed by atoms with van der Waals surface area (Å²) in [7, 11) is 0. The molecule has 6 nitrogen and oxygen atoms in total. The number of carbonyl (C=O) groups excluding carboxylic acids is 3. The Morgan fingerprint density at radius 3 is 2.56 bits per heavy atom. The highest BCUT2D eigenvalue weighted by Crippen LogP contribution is 2.30. The summed E-state index contributed by atoms with van der Waals surface area (Å²) in [6, 6.07) is 11.1. The minimum Gasteiger partial charge on any atom is -0.291 e. The third-order valence-electron chi connectivity index (χ3n) is 4.29. The van der Waals surface area contributed by atoms with E-state index in [2.05, 4.69) is 10.9 Å². The van der Waals surface area contributed by atoms with Gasteiger partial charge in [-0.1, -0.05) is 41.4 Å². The summed E-state index contributed by atoms with van der Waals surface area (Å²) < 4.78 is 0. The van der Waals surface area contributed by atoms with Crippen LogP contribution >= 0.6 is 23.2 Å². The van der Waals surface area contributed by atoms with E-state index in [1.807, 2.05) is 0 Å². The Hall–Kier alpha value is -2.41. The average molecular weight is 406 g/mol. The number of carbonyl (C=O) groups is 3. The van der Waals surface area contributed by atoms with E-state index in [4.69, 9.17) is 23.2 Å². The molecule has 0 saturated carbocycles. The Labute approximate surface area is 166 Å². The van der Waals surface area contributed by atoms with Gasteiger partial charge in [-0.05, 0) is 42.3 Å². The Balaban J connectivity index is 1.62. The van der Waals surface area contributed by atoms with Gasteiger partial charge >= 0.3 is 0 Å². The summed E-state index contributed by atoms with van der Waals surface area (Å²) in [6.07, 6.45) is 0.0716. The van der Waals surface area contributed by atoms with Gasteiger partial charge in [0.25, 0.3) is 5.91 Å². The van der Waals surface area contributed by atoms with Crippen LogP contribution in [-0.2, 0) is 20.8 Å². The molecule has 1 aliphatic heterocycles. The number of imide groups is 1. The van der Waals surface area contributed by atoms with Crippen molar-refractivity contribution in [3.63, 3.8) is 0 Å². The zero-order valence-electron chi connectivity index (χ0n) is 14.5. The Bertz CT molecular complexity index is 900. The van der Waals surface area contributed by atoms with E-state index in [0.717, 1.165) is 10.5 Å². The quantitative estimate of drug-likeness (QED) is 0.592. The van der Waals surface area contributed by atoms with Crippen molar-refractivity contribution >= 4 is 46.6 Å². The molecule has 0 unspecified atom stereocenters. The fourth-order valence-electron chi connectivity index (χ4n) is 2.84. The second kappa shape index (κ2) is 8.08.